The Labute approximate surface area is 160 Å². The summed E-state index contributed by atoms with van der Waals surface area (Å²) in [5, 5.41) is 4.54. The van der Waals surface area contributed by atoms with Crippen LogP contribution >= 0.6 is 11.8 Å². The fraction of sp³-hybridized carbons (Fsp3) is 0.421. The minimum atomic E-state index is -0.113. The molecule has 0 aliphatic carbocycles. The summed E-state index contributed by atoms with van der Waals surface area (Å²) in [5.74, 6) is 1.42. The smallest absolute Gasteiger partial charge is 0.278 e. The lowest BCUT2D eigenvalue weighted by Gasteiger charge is -2.13. The Bertz CT molecular complexity index is 1100. The molecule has 2 aromatic heterocycles. The lowest BCUT2D eigenvalue weighted by atomic mass is 10.2. The van der Waals surface area contributed by atoms with Crippen molar-refractivity contribution in [2.24, 2.45) is 0 Å². The molecule has 7 nitrogen and oxygen atoms in total. The number of rotatable bonds is 5. The maximum Gasteiger partial charge on any atom is 0.278 e. The normalized spacial score (nSPS) is 14.5. The number of carbonyl (C=O) groups excluding carboxylic acids is 1. The van der Waals surface area contributed by atoms with E-state index in [2.05, 4.69) is 5.32 Å². The van der Waals surface area contributed by atoms with Crippen LogP contribution in [0.3, 0.4) is 0 Å². The summed E-state index contributed by atoms with van der Waals surface area (Å²) in [6.45, 7) is 4.72. The number of nitrogens with zero attached hydrogens (tertiary/aromatic N) is 3. The number of fused-ring (bicyclic) bond motifs is 4. The van der Waals surface area contributed by atoms with Gasteiger partial charge in [0.1, 0.15) is 23.3 Å². The van der Waals surface area contributed by atoms with Gasteiger partial charge in [-0.05, 0) is 31.5 Å². The highest BCUT2D eigenvalue weighted by atomic mass is 32.2. The molecule has 1 N–H and O–H groups in total. The predicted octanol–water partition coefficient (Wildman–Crippen LogP) is 2.38. The van der Waals surface area contributed by atoms with Gasteiger partial charge in [0, 0.05) is 23.7 Å². The maximum absolute atomic E-state index is 13.2. The summed E-state index contributed by atoms with van der Waals surface area (Å²) in [5.41, 5.74) is 1.82. The second kappa shape index (κ2) is 6.92. The highest BCUT2D eigenvalue weighted by molar-refractivity contribution is 7.99. The predicted molar refractivity (Wildman–Crippen MR) is 107 cm³/mol. The van der Waals surface area contributed by atoms with Crippen LogP contribution in [-0.2, 0) is 17.9 Å². The number of carbonyl (C=O) groups is 1. The molecule has 1 aliphatic heterocycles. The Morgan fingerprint density at radius 2 is 2.26 bits per heavy atom. The molecular formula is C19H22N4O3S. The first-order chi connectivity index (χ1) is 13.0. The second-order valence-corrected chi connectivity index (χ2v) is 7.80. The van der Waals surface area contributed by atoms with E-state index in [1.165, 1.54) is 0 Å². The third kappa shape index (κ3) is 2.97. The Balaban J connectivity index is 1.95. The highest BCUT2D eigenvalue weighted by Gasteiger charge is 2.23. The molecule has 0 radical (unpaired) electrons. The minimum Gasteiger partial charge on any atom is -0.497 e. The van der Waals surface area contributed by atoms with Gasteiger partial charge >= 0.3 is 0 Å². The van der Waals surface area contributed by atoms with Crippen molar-refractivity contribution in [3.8, 4) is 5.75 Å². The van der Waals surface area contributed by atoms with Crippen molar-refractivity contribution in [2.75, 3.05) is 12.9 Å². The van der Waals surface area contributed by atoms with Gasteiger partial charge in [-0.3, -0.25) is 14.2 Å². The monoisotopic (exact) mass is 386 g/mol. The Hall–Kier alpha value is -2.48. The summed E-state index contributed by atoms with van der Waals surface area (Å²) in [7, 11) is 1.61. The van der Waals surface area contributed by atoms with Crippen LogP contribution in [0.25, 0.3) is 21.9 Å². The topological polar surface area (TPSA) is 78.2 Å². The van der Waals surface area contributed by atoms with Gasteiger partial charge in [0.15, 0.2) is 5.16 Å². The number of benzene rings is 1. The van der Waals surface area contributed by atoms with Gasteiger partial charge in [0.25, 0.3) is 5.56 Å². The maximum atomic E-state index is 13.2. The molecule has 142 valence electrons. The molecule has 4 rings (SSSR count). The number of nitrogens with one attached hydrogen (secondary N) is 1. The van der Waals surface area contributed by atoms with Crippen LogP contribution in [0.15, 0.2) is 28.2 Å². The molecule has 0 spiro atoms. The first-order valence-electron chi connectivity index (χ1n) is 9.06. The van der Waals surface area contributed by atoms with Crippen molar-refractivity contribution in [2.45, 2.75) is 44.6 Å². The summed E-state index contributed by atoms with van der Waals surface area (Å²) in [6.07, 6.45) is 0.852. The summed E-state index contributed by atoms with van der Waals surface area (Å²) >= 11 is 1.58. The van der Waals surface area contributed by atoms with Crippen LogP contribution in [0.5, 0.6) is 5.75 Å². The number of amides is 1. The van der Waals surface area contributed by atoms with Crippen molar-refractivity contribution in [1.82, 2.24) is 19.4 Å². The molecule has 1 aliphatic rings. The Morgan fingerprint density at radius 1 is 1.44 bits per heavy atom. The summed E-state index contributed by atoms with van der Waals surface area (Å²) < 4.78 is 8.83. The fourth-order valence-electron chi connectivity index (χ4n) is 3.41. The van der Waals surface area contributed by atoms with E-state index in [4.69, 9.17) is 9.72 Å². The molecule has 1 amide bonds. The van der Waals surface area contributed by atoms with Gasteiger partial charge in [-0.25, -0.2) is 4.98 Å². The molecule has 0 saturated carbocycles. The highest BCUT2D eigenvalue weighted by Crippen LogP contribution is 2.32. The standard InChI is InChI=1S/C19H22N4O3S/c1-4-11(2)20-15(24)10-23-14-6-5-12(26-3)9-13(14)16-17(23)18(25)22-7-8-27-19(22)21-16/h5-6,9,11H,4,7-8,10H2,1-3H3,(H,20,24)/t11-/m1/s1. The fourth-order valence-corrected chi connectivity index (χ4v) is 4.35. The number of methoxy groups -OCH3 is 1. The Kier molecular flexibility index (Phi) is 4.59. The van der Waals surface area contributed by atoms with E-state index in [0.717, 1.165) is 28.2 Å². The van der Waals surface area contributed by atoms with E-state index in [-0.39, 0.29) is 24.1 Å². The van der Waals surface area contributed by atoms with Crippen LogP contribution in [0, 0.1) is 0 Å². The van der Waals surface area contributed by atoms with Crippen LogP contribution in [0.1, 0.15) is 20.3 Å². The van der Waals surface area contributed by atoms with Gasteiger partial charge in [-0.15, -0.1) is 0 Å². The van der Waals surface area contributed by atoms with Gasteiger partial charge in [0.05, 0.1) is 12.6 Å². The second-order valence-electron chi connectivity index (χ2n) is 6.74. The largest absolute Gasteiger partial charge is 0.497 e. The van der Waals surface area contributed by atoms with E-state index in [9.17, 15) is 9.59 Å². The zero-order valence-corrected chi connectivity index (χ0v) is 16.4. The lowest BCUT2D eigenvalue weighted by molar-refractivity contribution is -0.122. The molecule has 27 heavy (non-hydrogen) atoms. The van der Waals surface area contributed by atoms with Gasteiger partial charge < -0.3 is 14.6 Å². The number of ether oxygens (including phenoxy) is 1. The average Bonchev–Trinajstić information content (AvgIpc) is 3.25. The van der Waals surface area contributed by atoms with Crippen LogP contribution < -0.4 is 15.6 Å². The number of hydrogen-bond acceptors (Lipinski definition) is 5. The van der Waals surface area contributed by atoms with Crippen LogP contribution in [0.2, 0.25) is 0 Å². The molecule has 0 fully saturated rings. The van der Waals surface area contributed by atoms with Crippen molar-refractivity contribution in [3.05, 3.63) is 28.6 Å². The average molecular weight is 386 g/mol. The number of thioether (sulfide) groups is 1. The molecule has 8 heteroatoms. The third-order valence-corrected chi connectivity index (χ3v) is 5.95. The quantitative estimate of drug-likeness (QED) is 0.681. The molecule has 1 atom stereocenters. The summed E-state index contributed by atoms with van der Waals surface area (Å²) in [4.78, 5) is 30.4. The van der Waals surface area contributed by atoms with Crippen molar-refractivity contribution >= 4 is 39.6 Å². The van der Waals surface area contributed by atoms with E-state index in [0.29, 0.717) is 23.3 Å². The third-order valence-electron chi connectivity index (χ3n) is 5.00. The van der Waals surface area contributed by atoms with Crippen molar-refractivity contribution < 1.29 is 9.53 Å². The number of hydrogen-bond donors (Lipinski definition) is 1. The van der Waals surface area contributed by atoms with Crippen LogP contribution in [-0.4, -0.2) is 38.9 Å². The Morgan fingerprint density at radius 3 is 3.00 bits per heavy atom. The molecule has 3 aromatic rings. The SMILES string of the molecule is CC[C@@H](C)NC(=O)Cn1c2ccc(OC)cc2c2nc3n(c(=O)c21)CCS3. The molecule has 1 aromatic carbocycles. The summed E-state index contributed by atoms with van der Waals surface area (Å²) in [6, 6.07) is 5.69. The zero-order valence-electron chi connectivity index (χ0n) is 15.6. The first kappa shape index (κ1) is 17.9. The van der Waals surface area contributed by atoms with E-state index in [1.54, 1.807) is 28.0 Å². The molecule has 0 bridgehead atoms. The van der Waals surface area contributed by atoms with Crippen molar-refractivity contribution in [1.29, 1.82) is 0 Å². The lowest BCUT2D eigenvalue weighted by Crippen LogP contribution is -2.35. The van der Waals surface area contributed by atoms with Crippen LogP contribution in [0.4, 0.5) is 0 Å². The van der Waals surface area contributed by atoms with Gasteiger partial charge in [0.2, 0.25) is 5.91 Å². The molecule has 3 heterocycles. The van der Waals surface area contributed by atoms with Gasteiger partial charge in [-0.2, -0.15) is 0 Å². The van der Waals surface area contributed by atoms with Gasteiger partial charge in [-0.1, -0.05) is 18.7 Å². The molecule has 0 saturated heterocycles. The number of aromatic nitrogens is 3. The molecule has 0 unspecified atom stereocenters. The van der Waals surface area contributed by atoms with E-state index in [1.807, 2.05) is 32.0 Å². The van der Waals surface area contributed by atoms with Crippen molar-refractivity contribution in [3.63, 3.8) is 0 Å². The molecular weight excluding hydrogens is 364 g/mol. The zero-order chi connectivity index (χ0) is 19.1. The van der Waals surface area contributed by atoms with E-state index < -0.39 is 0 Å². The minimum absolute atomic E-state index is 0.0834. The van der Waals surface area contributed by atoms with E-state index >= 15 is 0 Å². The first-order valence-corrected chi connectivity index (χ1v) is 10.0.